The van der Waals surface area contributed by atoms with Gasteiger partial charge in [0.1, 0.15) is 5.75 Å². The van der Waals surface area contributed by atoms with E-state index >= 15 is 0 Å². The third kappa shape index (κ3) is 3.54. The fourth-order valence-electron chi connectivity index (χ4n) is 2.85. The minimum Gasteiger partial charge on any atom is -0.497 e. The number of anilines is 1. The molecule has 4 aromatic rings. The van der Waals surface area contributed by atoms with Gasteiger partial charge in [-0.15, -0.1) is 0 Å². The summed E-state index contributed by atoms with van der Waals surface area (Å²) in [5.74, 6) is 0.593. The highest BCUT2D eigenvalue weighted by molar-refractivity contribution is 7.92. The van der Waals surface area contributed by atoms with Crippen LogP contribution in [0.25, 0.3) is 16.6 Å². The molecule has 4 rings (SSSR count). The Hall–Kier alpha value is -3.03. The number of aromatic nitrogens is 2. The lowest BCUT2D eigenvalue weighted by Gasteiger charge is -2.09. The zero-order valence-electron chi connectivity index (χ0n) is 14.8. The Morgan fingerprint density at radius 3 is 2.39 bits per heavy atom. The van der Waals surface area contributed by atoms with Crippen LogP contribution in [-0.4, -0.2) is 25.3 Å². The van der Waals surface area contributed by atoms with Gasteiger partial charge in [-0.05, 0) is 66.7 Å². The van der Waals surface area contributed by atoms with Gasteiger partial charge in [0.05, 0.1) is 29.4 Å². The molecule has 0 aliphatic carbocycles. The first-order chi connectivity index (χ1) is 13.5. The van der Waals surface area contributed by atoms with Crippen molar-refractivity contribution in [2.24, 2.45) is 0 Å². The monoisotopic (exact) mass is 413 g/mol. The van der Waals surface area contributed by atoms with Crippen LogP contribution in [0.3, 0.4) is 0 Å². The molecule has 0 radical (unpaired) electrons. The number of nitrogens with zero attached hydrogens (tertiary/aromatic N) is 2. The van der Waals surface area contributed by atoms with E-state index in [0.29, 0.717) is 16.5 Å². The van der Waals surface area contributed by atoms with Crippen LogP contribution in [0.5, 0.6) is 5.75 Å². The summed E-state index contributed by atoms with van der Waals surface area (Å²) < 4.78 is 34.7. The van der Waals surface area contributed by atoms with Gasteiger partial charge in [-0.3, -0.25) is 4.72 Å². The molecule has 1 heterocycles. The maximum absolute atomic E-state index is 12.6. The minimum absolute atomic E-state index is 0.158. The van der Waals surface area contributed by atoms with E-state index in [2.05, 4.69) is 9.82 Å². The molecule has 3 aromatic carbocycles. The summed E-state index contributed by atoms with van der Waals surface area (Å²) in [6.45, 7) is 0. The molecule has 0 atom stereocenters. The Balaban J connectivity index is 1.64. The zero-order chi connectivity index (χ0) is 19.7. The van der Waals surface area contributed by atoms with Crippen LogP contribution < -0.4 is 9.46 Å². The van der Waals surface area contributed by atoms with Crippen molar-refractivity contribution in [1.29, 1.82) is 0 Å². The van der Waals surface area contributed by atoms with E-state index in [1.165, 1.54) is 19.2 Å². The quantitative estimate of drug-likeness (QED) is 0.523. The van der Waals surface area contributed by atoms with E-state index in [9.17, 15) is 8.42 Å². The summed E-state index contributed by atoms with van der Waals surface area (Å²) in [6, 6.07) is 18.8. The number of ether oxygens (including phenoxy) is 1. The fourth-order valence-corrected chi connectivity index (χ4v) is 4.03. The molecule has 1 N–H and O–H groups in total. The normalized spacial score (nSPS) is 11.5. The second-order valence-corrected chi connectivity index (χ2v) is 8.21. The predicted molar refractivity (Wildman–Crippen MR) is 110 cm³/mol. The maximum atomic E-state index is 12.6. The number of benzene rings is 3. The van der Waals surface area contributed by atoms with E-state index < -0.39 is 10.0 Å². The molecule has 0 spiro atoms. The van der Waals surface area contributed by atoms with Crippen LogP contribution in [0.1, 0.15) is 0 Å². The largest absolute Gasteiger partial charge is 0.497 e. The lowest BCUT2D eigenvalue weighted by molar-refractivity contribution is 0.414. The average molecular weight is 414 g/mol. The first-order valence-corrected chi connectivity index (χ1v) is 10.2. The summed E-state index contributed by atoms with van der Waals surface area (Å²) in [5.41, 5.74) is 2.18. The number of methoxy groups -OCH3 is 1. The lowest BCUT2D eigenvalue weighted by Crippen LogP contribution is -2.12. The predicted octanol–water partition coefficient (Wildman–Crippen LogP) is 4.49. The maximum Gasteiger partial charge on any atom is 0.261 e. The van der Waals surface area contributed by atoms with Crippen LogP contribution in [0.4, 0.5) is 5.69 Å². The molecule has 0 amide bonds. The Morgan fingerprint density at radius 2 is 1.71 bits per heavy atom. The summed E-state index contributed by atoms with van der Waals surface area (Å²) in [7, 11) is -2.18. The van der Waals surface area contributed by atoms with Crippen molar-refractivity contribution < 1.29 is 13.2 Å². The Bertz CT molecular complexity index is 1230. The van der Waals surface area contributed by atoms with Gasteiger partial charge in [0.2, 0.25) is 0 Å². The molecule has 6 nitrogen and oxygen atoms in total. The molecular weight excluding hydrogens is 398 g/mol. The van der Waals surface area contributed by atoms with E-state index in [1.807, 2.05) is 18.2 Å². The van der Waals surface area contributed by atoms with Crippen molar-refractivity contribution in [2.45, 2.75) is 4.90 Å². The highest BCUT2D eigenvalue weighted by Gasteiger charge is 2.15. The number of sulfonamides is 1. The van der Waals surface area contributed by atoms with Gasteiger partial charge >= 0.3 is 0 Å². The number of hydrogen-bond acceptors (Lipinski definition) is 4. The zero-order valence-corrected chi connectivity index (χ0v) is 16.4. The average Bonchev–Trinajstić information content (AvgIpc) is 3.11. The minimum atomic E-state index is -3.70. The molecule has 1 aromatic heterocycles. The molecule has 0 unspecified atom stereocenters. The molecule has 0 aliphatic heterocycles. The van der Waals surface area contributed by atoms with Crippen molar-refractivity contribution >= 4 is 38.2 Å². The van der Waals surface area contributed by atoms with E-state index in [1.54, 1.807) is 47.3 Å². The SMILES string of the molecule is COc1ccc(S(=O)(=O)Nc2ccc3c(cnn3-c3ccc(Cl)cc3)c2)cc1. The Kier molecular flexibility index (Phi) is 4.70. The first-order valence-electron chi connectivity index (χ1n) is 8.37. The van der Waals surface area contributed by atoms with Crippen molar-refractivity contribution in [3.05, 3.63) is 77.9 Å². The second kappa shape index (κ2) is 7.18. The van der Waals surface area contributed by atoms with Crippen LogP contribution in [0.15, 0.2) is 77.8 Å². The highest BCUT2D eigenvalue weighted by atomic mass is 35.5. The van der Waals surface area contributed by atoms with Gasteiger partial charge in [0, 0.05) is 16.1 Å². The van der Waals surface area contributed by atoms with Crippen molar-refractivity contribution in [3.63, 3.8) is 0 Å². The number of nitrogens with one attached hydrogen (secondary N) is 1. The van der Waals surface area contributed by atoms with Crippen LogP contribution >= 0.6 is 11.6 Å². The van der Waals surface area contributed by atoms with Gasteiger partial charge in [-0.25, -0.2) is 13.1 Å². The molecule has 0 saturated heterocycles. The molecule has 142 valence electrons. The Labute approximate surface area is 167 Å². The van der Waals surface area contributed by atoms with Crippen LogP contribution in [0.2, 0.25) is 5.02 Å². The number of rotatable bonds is 5. The standard InChI is InChI=1S/C20H16ClN3O3S/c1-27-18-7-9-19(10-8-18)28(25,26)23-16-4-11-20-14(12-16)13-22-24(20)17-5-2-15(21)3-6-17/h2-13,23H,1H3. The summed E-state index contributed by atoms with van der Waals surface area (Å²) in [5, 5.41) is 5.85. The smallest absolute Gasteiger partial charge is 0.261 e. The number of fused-ring (bicyclic) bond motifs is 1. The molecule has 28 heavy (non-hydrogen) atoms. The lowest BCUT2D eigenvalue weighted by atomic mass is 10.2. The fraction of sp³-hybridized carbons (Fsp3) is 0.0500. The van der Waals surface area contributed by atoms with Crippen LogP contribution in [-0.2, 0) is 10.0 Å². The van der Waals surface area contributed by atoms with Gasteiger partial charge in [-0.1, -0.05) is 11.6 Å². The highest BCUT2D eigenvalue weighted by Crippen LogP contribution is 2.25. The third-order valence-corrected chi connectivity index (χ3v) is 5.91. The van der Waals surface area contributed by atoms with Crippen molar-refractivity contribution in [2.75, 3.05) is 11.8 Å². The molecule has 0 bridgehead atoms. The third-order valence-electron chi connectivity index (χ3n) is 4.26. The van der Waals surface area contributed by atoms with Gasteiger partial charge in [-0.2, -0.15) is 5.10 Å². The van der Waals surface area contributed by atoms with E-state index in [0.717, 1.165) is 16.6 Å². The molecule has 0 aliphatic rings. The first kappa shape index (κ1) is 18.3. The molecule has 0 fully saturated rings. The number of hydrogen-bond donors (Lipinski definition) is 1. The summed E-state index contributed by atoms with van der Waals surface area (Å²) in [4.78, 5) is 0.158. The van der Waals surface area contributed by atoms with E-state index in [-0.39, 0.29) is 4.90 Å². The number of halogens is 1. The topological polar surface area (TPSA) is 73.2 Å². The van der Waals surface area contributed by atoms with Gasteiger partial charge in [0.25, 0.3) is 10.0 Å². The van der Waals surface area contributed by atoms with Crippen molar-refractivity contribution in [3.8, 4) is 11.4 Å². The Morgan fingerprint density at radius 1 is 1.00 bits per heavy atom. The van der Waals surface area contributed by atoms with Gasteiger partial charge < -0.3 is 4.74 Å². The molecule has 0 saturated carbocycles. The summed E-state index contributed by atoms with van der Waals surface area (Å²) >= 11 is 5.94. The molecular formula is C20H16ClN3O3S. The van der Waals surface area contributed by atoms with Crippen molar-refractivity contribution in [1.82, 2.24) is 9.78 Å². The second-order valence-electron chi connectivity index (χ2n) is 6.09. The van der Waals surface area contributed by atoms with Crippen LogP contribution in [0, 0.1) is 0 Å². The summed E-state index contributed by atoms with van der Waals surface area (Å²) in [6.07, 6.45) is 1.69. The van der Waals surface area contributed by atoms with E-state index in [4.69, 9.17) is 16.3 Å². The molecule has 8 heteroatoms. The van der Waals surface area contributed by atoms with Gasteiger partial charge in [0.15, 0.2) is 0 Å².